The van der Waals surface area contributed by atoms with E-state index in [-0.39, 0.29) is 0 Å². The molecule has 0 aliphatic heterocycles. The molecule has 0 saturated heterocycles. The predicted molar refractivity (Wildman–Crippen MR) is 59.7 cm³/mol. The zero-order valence-corrected chi connectivity index (χ0v) is 9.63. The van der Waals surface area contributed by atoms with Gasteiger partial charge >= 0.3 is 5.97 Å². The maximum atomic E-state index is 11.3. The van der Waals surface area contributed by atoms with Gasteiger partial charge in [-0.25, -0.2) is 4.79 Å². The van der Waals surface area contributed by atoms with Gasteiger partial charge in [0, 0.05) is 12.1 Å². The van der Waals surface area contributed by atoms with E-state index < -0.39 is 5.97 Å². The third kappa shape index (κ3) is 1.87. The highest BCUT2D eigenvalue weighted by atomic mass is 32.2. The van der Waals surface area contributed by atoms with Crippen LogP contribution in [0.2, 0.25) is 0 Å². The number of anilines is 1. The lowest BCUT2D eigenvalue weighted by molar-refractivity contribution is 0.0607. The summed E-state index contributed by atoms with van der Waals surface area (Å²) in [7, 11) is 1.34. The molecule has 0 amide bonds. The van der Waals surface area contributed by atoms with Gasteiger partial charge in [0.25, 0.3) is 0 Å². The molecule has 0 fully saturated rings. The van der Waals surface area contributed by atoms with Crippen molar-refractivity contribution in [3.63, 3.8) is 0 Å². The van der Waals surface area contributed by atoms with Crippen LogP contribution >= 0.6 is 23.1 Å². The van der Waals surface area contributed by atoms with Crippen molar-refractivity contribution in [3.8, 4) is 0 Å². The van der Waals surface area contributed by atoms with Crippen LogP contribution in [0.4, 0.5) is 5.69 Å². The second-order valence-corrected chi connectivity index (χ2v) is 4.61. The molecule has 1 aromatic rings. The van der Waals surface area contributed by atoms with Crippen molar-refractivity contribution in [1.29, 1.82) is 0 Å². The van der Waals surface area contributed by atoms with Gasteiger partial charge in [0.2, 0.25) is 0 Å². The highest BCUT2D eigenvalue weighted by Crippen LogP contribution is 2.37. The molecule has 0 saturated carbocycles. The third-order valence-electron chi connectivity index (χ3n) is 1.77. The van der Waals surface area contributed by atoms with E-state index in [1.807, 2.05) is 6.26 Å². The van der Waals surface area contributed by atoms with Gasteiger partial charge in [-0.05, 0) is 6.26 Å². The molecule has 14 heavy (non-hydrogen) atoms. The zero-order valence-electron chi connectivity index (χ0n) is 7.99. The number of thioether (sulfide) groups is 1. The van der Waals surface area contributed by atoms with Gasteiger partial charge in [0.05, 0.1) is 17.0 Å². The lowest BCUT2D eigenvalue weighted by Gasteiger charge is -1.98. The van der Waals surface area contributed by atoms with Crippen LogP contribution in [0, 0.1) is 0 Å². The molecule has 78 valence electrons. The zero-order chi connectivity index (χ0) is 10.7. The number of carbonyl (C=O) groups is 1. The number of nitrogens with two attached hydrogens (primary N) is 2. The molecule has 1 aromatic heterocycles. The molecule has 0 aliphatic carbocycles. The molecule has 0 bridgehead atoms. The molecule has 0 atom stereocenters. The summed E-state index contributed by atoms with van der Waals surface area (Å²) in [4.78, 5) is 11.7. The molecule has 0 radical (unpaired) electrons. The summed E-state index contributed by atoms with van der Waals surface area (Å²) < 4.78 is 5.59. The Balaban J connectivity index is 3.20. The van der Waals surface area contributed by atoms with E-state index in [1.165, 1.54) is 30.2 Å². The Labute approximate surface area is 90.6 Å². The molecule has 0 aliphatic rings. The fraction of sp³-hybridized carbons (Fsp3) is 0.375. The number of thiophene rings is 1. The number of esters is 1. The minimum absolute atomic E-state index is 0.343. The fourth-order valence-electron chi connectivity index (χ4n) is 1.06. The number of ether oxygens (including phenoxy) is 1. The van der Waals surface area contributed by atoms with Gasteiger partial charge in [-0.2, -0.15) is 0 Å². The molecule has 1 rings (SSSR count). The Morgan fingerprint density at radius 3 is 2.64 bits per heavy atom. The van der Waals surface area contributed by atoms with E-state index in [2.05, 4.69) is 4.74 Å². The largest absolute Gasteiger partial charge is 0.465 e. The van der Waals surface area contributed by atoms with E-state index in [0.717, 1.165) is 9.77 Å². The summed E-state index contributed by atoms with van der Waals surface area (Å²) in [6, 6.07) is 0. The summed E-state index contributed by atoms with van der Waals surface area (Å²) in [5, 5.41) is 0. The Hall–Kier alpha value is -0.720. The van der Waals surface area contributed by atoms with Gasteiger partial charge < -0.3 is 16.2 Å². The first-order valence-electron chi connectivity index (χ1n) is 3.89. The van der Waals surface area contributed by atoms with Crippen molar-refractivity contribution < 1.29 is 9.53 Å². The Kier molecular flexibility index (Phi) is 3.79. The SMILES string of the molecule is COC(=O)c1sc(SC)c(CN)c1N. The molecule has 0 spiro atoms. The average molecular weight is 232 g/mol. The van der Waals surface area contributed by atoms with E-state index in [1.54, 1.807) is 0 Å². The molecule has 4 nitrogen and oxygen atoms in total. The molecular formula is C8H12N2O2S2. The van der Waals surface area contributed by atoms with E-state index in [9.17, 15) is 4.79 Å². The molecule has 0 aromatic carbocycles. The third-order valence-corrected chi connectivity index (χ3v) is 4.16. The van der Waals surface area contributed by atoms with Crippen LogP contribution in [0.3, 0.4) is 0 Å². The Bertz CT molecular complexity index is 349. The van der Waals surface area contributed by atoms with E-state index >= 15 is 0 Å². The van der Waals surface area contributed by atoms with Gasteiger partial charge in [0.15, 0.2) is 0 Å². The van der Waals surface area contributed by atoms with Crippen molar-refractivity contribution in [2.45, 2.75) is 10.8 Å². The van der Waals surface area contributed by atoms with Crippen molar-refractivity contribution in [3.05, 3.63) is 10.4 Å². The van der Waals surface area contributed by atoms with Gasteiger partial charge in [-0.3, -0.25) is 0 Å². The minimum Gasteiger partial charge on any atom is -0.465 e. The normalized spacial score (nSPS) is 10.2. The lowest BCUT2D eigenvalue weighted by Crippen LogP contribution is -2.05. The molecule has 0 unspecified atom stereocenters. The van der Waals surface area contributed by atoms with E-state index in [4.69, 9.17) is 11.5 Å². The van der Waals surface area contributed by atoms with Crippen LogP contribution in [0.25, 0.3) is 0 Å². The smallest absolute Gasteiger partial charge is 0.350 e. The topological polar surface area (TPSA) is 78.3 Å². The van der Waals surface area contributed by atoms with Crippen LogP contribution in [-0.4, -0.2) is 19.3 Å². The van der Waals surface area contributed by atoms with Crippen LogP contribution in [0.5, 0.6) is 0 Å². The molecule has 6 heteroatoms. The summed E-state index contributed by atoms with van der Waals surface area (Å²) in [5.41, 5.74) is 12.6. The van der Waals surface area contributed by atoms with Crippen molar-refractivity contribution >= 4 is 34.8 Å². The number of methoxy groups -OCH3 is 1. The van der Waals surface area contributed by atoms with Crippen LogP contribution < -0.4 is 11.5 Å². The van der Waals surface area contributed by atoms with Crippen molar-refractivity contribution in [1.82, 2.24) is 0 Å². The number of carbonyl (C=O) groups excluding carboxylic acids is 1. The van der Waals surface area contributed by atoms with Crippen molar-refractivity contribution in [2.24, 2.45) is 5.73 Å². The second-order valence-electron chi connectivity index (χ2n) is 2.51. The number of nitrogen functional groups attached to an aromatic ring is 1. The predicted octanol–water partition coefficient (Wildman–Crippen LogP) is 1.30. The number of hydrogen-bond donors (Lipinski definition) is 2. The fourth-order valence-corrected chi connectivity index (χ4v) is 2.98. The molecular weight excluding hydrogens is 220 g/mol. The first kappa shape index (κ1) is 11.4. The second kappa shape index (κ2) is 4.68. The maximum Gasteiger partial charge on any atom is 0.350 e. The Morgan fingerprint density at radius 1 is 1.64 bits per heavy atom. The average Bonchev–Trinajstić information content (AvgIpc) is 2.53. The summed E-state index contributed by atoms with van der Waals surface area (Å²) >= 11 is 2.86. The standard InChI is InChI=1S/C8H12N2O2S2/c1-12-7(11)6-5(10)4(3-9)8(13-2)14-6/h3,9-10H2,1-2H3. The van der Waals surface area contributed by atoms with Gasteiger partial charge in [-0.1, -0.05) is 0 Å². The summed E-state index contributed by atoms with van der Waals surface area (Å²) in [5.74, 6) is -0.400. The highest BCUT2D eigenvalue weighted by molar-refractivity contribution is 8.00. The first-order valence-corrected chi connectivity index (χ1v) is 5.93. The number of hydrogen-bond acceptors (Lipinski definition) is 6. The van der Waals surface area contributed by atoms with E-state index in [0.29, 0.717) is 17.1 Å². The summed E-state index contributed by atoms with van der Waals surface area (Å²) in [6.45, 7) is 0.343. The quantitative estimate of drug-likeness (QED) is 0.606. The first-order chi connectivity index (χ1) is 6.65. The lowest BCUT2D eigenvalue weighted by atomic mass is 10.2. The highest BCUT2D eigenvalue weighted by Gasteiger charge is 2.19. The van der Waals surface area contributed by atoms with Gasteiger partial charge in [0.1, 0.15) is 4.88 Å². The van der Waals surface area contributed by atoms with Crippen LogP contribution in [-0.2, 0) is 11.3 Å². The summed E-state index contributed by atoms with van der Waals surface area (Å²) in [6.07, 6.45) is 1.92. The molecule has 1 heterocycles. The van der Waals surface area contributed by atoms with Gasteiger partial charge in [-0.15, -0.1) is 23.1 Å². The maximum absolute atomic E-state index is 11.3. The Morgan fingerprint density at radius 2 is 2.29 bits per heavy atom. The number of rotatable bonds is 3. The van der Waals surface area contributed by atoms with Crippen LogP contribution in [0.15, 0.2) is 4.21 Å². The minimum atomic E-state index is -0.400. The van der Waals surface area contributed by atoms with Crippen molar-refractivity contribution in [2.75, 3.05) is 19.1 Å². The molecule has 4 N–H and O–H groups in total. The van der Waals surface area contributed by atoms with Crippen LogP contribution in [0.1, 0.15) is 15.2 Å². The monoisotopic (exact) mass is 232 g/mol.